The van der Waals surface area contributed by atoms with Crippen molar-refractivity contribution in [2.24, 2.45) is 4.99 Å². The SMILES string of the molecule is C=C(C)c1c[nH]c2ccc(Oc3c(Cl)cc(N=CN(C)C)cc3Cl)nc12. The molecule has 0 spiro atoms. The van der Waals surface area contributed by atoms with Gasteiger partial charge < -0.3 is 14.6 Å². The second-order valence-electron chi connectivity index (χ2n) is 6.08. The number of fused-ring (bicyclic) bond motifs is 1. The minimum atomic E-state index is 0.344. The molecule has 1 aromatic carbocycles. The Bertz CT molecular complexity index is 985. The summed E-state index contributed by atoms with van der Waals surface area (Å²) in [6, 6.07) is 7.03. The first-order valence-corrected chi connectivity index (χ1v) is 8.62. The van der Waals surface area contributed by atoms with Crippen LogP contribution in [0.5, 0.6) is 11.6 Å². The van der Waals surface area contributed by atoms with Crippen LogP contribution in [-0.4, -0.2) is 35.3 Å². The Kier molecular flexibility index (Phi) is 5.20. The number of benzene rings is 1. The number of H-pyrrole nitrogens is 1. The molecule has 0 bridgehead atoms. The van der Waals surface area contributed by atoms with E-state index >= 15 is 0 Å². The Balaban J connectivity index is 1.94. The molecule has 0 saturated carbocycles. The van der Waals surface area contributed by atoms with E-state index in [1.54, 1.807) is 24.5 Å². The van der Waals surface area contributed by atoms with Crippen molar-refractivity contribution < 1.29 is 4.74 Å². The van der Waals surface area contributed by atoms with Gasteiger partial charge >= 0.3 is 0 Å². The molecular formula is C19H18Cl2N4O. The fourth-order valence-electron chi connectivity index (χ4n) is 2.37. The van der Waals surface area contributed by atoms with Gasteiger partial charge in [-0.3, -0.25) is 0 Å². The molecule has 3 rings (SSSR count). The third kappa shape index (κ3) is 3.84. The van der Waals surface area contributed by atoms with E-state index in [0.29, 0.717) is 27.4 Å². The fraction of sp³-hybridized carbons (Fsp3) is 0.158. The molecule has 2 heterocycles. The Labute approximate surface area is 161 Å². The summed E-state index contributed by atoms with van der Waals surface area (Å²) in [6.45, 7) is 5.90. The third-order valence-corrected chi connectivity index (χ3v) is 4.15. The minimum Gasteiger partial charge on any atom is -0.436 e. The summed E-state index contributed by atoms with van der Waals surface area (Å²) >= 11 is 12.7. The van der Waals surface area contributed by atoms with E-state index in [-0.39, 0.29) is 0 Å². The zero-order valence-electron chi connectivity index (χ0n) is 14.7. The highest BCUT2D eigenvalue weighted by Crippen LogP contribution is 2.39. The van der Waals surface area contributed by atoms with E-state index in [1.165, 1.54) is 0 Å². The summed E-state index contributed by atoms with van der Waals surface area (Å²) < 4.78 is 5.85. The van der Waals surface area contributed by atoms with Gasteiger partial charge in [0.1, 0.15) is 0 Å². The Morgan fingerprint density at radius 3 is 2.58 bits per heavy atom. The molecule has 0 atom stereocenters. The third-order valence-electron chi connectivity index (χ3n) is 3.58. The molecule has 0 aliphatic heterocycles. The number of aliphatic imine (C=N–C) groups is 1. The number of aromatic nitrogens is 2. The topological polar surface area (TPSA) is 53.5 Å². The van der Waals surface area contributed by atoms with Gasteiger partial charge in [-0.1, -0.05) is 29.8 Å². The second kappa shape index (κ2) is 7.40. The Hall–Kier alpha value is -2.50. The molecule has 7 heteroatoms. The maximum atomic E-state index is 6.33. The normalized spacial score (nSPS) is 11.3. The number of allylic oxidation sites excluding steroid dienone is 1. The summed E-state index contributed by atoms with van der Waals surface area (Å²) in [5.41, 5.74) is 4.19. The number of hydrogen-bond donors (Lipinski definition) is 1. The second-order valence-corrected chi connectivity index (χ2v) is 6.89. The molecule has 2 aromatic heterocycles. The van der Waals surface area contributed by atoms with Gasteiger partial charge in [0.15, 0.2) is 5.75 Å². The van der Waals surface area contributed by atoms with Gasteiger partial charge in [0, 0.05) is 31.9 Å². The first-order chi connectivity index (χ1) is 12.3. The molecule has 1 N–H and O–H groups in total. The summed E-state index contributed by atoms with van der Waals surface area (Å²) in [5.74, 6) is 0.740. The lowest BCUT2D eigenvalue weighted by atomic mass is 10.1. The van der Waals surface area contributed by atoms with Gasteiger partial charge in [0.25, 0.3) is 0 Å². The minimum absolute atomic E-state index is 0.344. The van der Waals surface area contributed by atoms with Crippen molar-refractivity contribution >= 4 is 51.8 Å². The largest absolute Gasteiger partial charge is 0.436 e. The van der Waals surface area contributed by atoms with Crippen LogP contribution >= 0.6 is 23.2 Å². The molecule has 134 valence electrons. The maximum absolute atomic E-state index is 6.33. The highest BCUT2D eigenvalue weighted by Gasteiger charge is 2.13. The molecule has 5 nitrogen and oxygen atoms in total. The lowest BCUT2D eigenvalue weighted by Gasteiger charge is -2.10. The van der Waals surface area contributed by atoms with Gasteiger partial charge in [-0.2, -0.15) is 0 Å². The van der Waals surface area contributed by atoms with Crippen molar-refractivity contribution in [3.8, 4) is 11.6 Å². The summed E-state index contributed by atoms with van der Waals surface area (Å²) in [5, 5.41) is 0.721. The number of nitrogens with one attached hydrogen (secondary N) is 1. The van der Waals surface area contributed by atoms with Crippen molar-refractivity contribution in [2.75, 3.05) is 14.1 Å². The number of pyridine rings is 1. The van der Waals surface area contributed by atoms with Gasteiger partial charge in [-0.05, 0) is 30.7 Å². The molecule has 3 aromatic rings. The van der Waals surface area contributed by atoms with E-state index in [1.807, 2.05) is 38.2 Å². The Morgan fingerprint density at radius 2 is 1.96 bits per heavy atom. The van der Waals surface area contributed by atoms with E-state index < -0.39 is 0 Å². The van der Waals surface area contributed by atoms with Crippen molar-refractivity contribution in [3.05, 3.63) is 52.6 Å². The standard InChI is InChI=1S/C19H18Cl2N4O/c1-11(2)13-9-22-16-5-6-17(24-18(13)16)26-19-14(20)7-12(8-15(19)21)23-10-25(3)4/h5-10,22H,1H2,2-4H3. The zero-order chi connectivity index (χ0) is 18.8. The molecule has 0 amide bonds. The molecular weight excluding hydrogens is 371 g/mol. The van der Waals surface area contributed by atoms with Crippen LogP contribution in [-0.2, 0) is 0 Å². The first-order valence-electron chi connectivity index (χ1n) is 7.86. The molecule has 0 unspecified atom stereocenters. The molecule has 0 radical (unpaired) electrons. The number of halogens is 2. The van der Waals surface area contributed by atoms with Crippen molar-refractivity contribution in [1.82, 2.24) is 14.9 Å². The van der Waals surface area contributed by atoms with Gasteiger partial charge in [-0.25, -0.2) is 9.98 Å². The summed E-state index contributed by atoms with van der Waals surface area (Å²) in [4.78, 5) is 13.8. The summed E-state index contributed by atoms with van der Waals surface area (Å²) in [7, 11) is 3.76. The van der Waals surface area contributed by atoms with Crippen LogP contribution in [0, 0.1) is 0 Å². The van der Waals surface area contributed by atoms with Crippen molar-refractivity contribution in [1.29, 1.82) is 0 Å². The van der Waals surface area contributed by atoms with Gasteiger partial charge in [0.2, 0.25) is 5.88 Å². The van der Waals surface area contributed by atoms with Crippen LogP contribution in [0.25, 0.3) is 16.6 Å². The van der Waals surface area contributed by atoms with Gasteiger partial charge in [0.05, 0.1) is 33.1 Å². The first kappa shape index (κ1) is 18.3. The number of ether oxygens (including phenoxy) is 1. The van der Waals surface area contributed by atoms with E-state index in [2.05, 4.69) is 21.5 Å². The number of rotatable bonds is 5. The van der Waals surface area contributed by atoms with Crippen LogP contribution in [0.4, 0.5) is 5.69 Å². The van der Waals surface area contributed by atoms with E-state index in [4.69, 9.17) is 27.9 Å². The lowest BCUT2D eigenvalue weighted by molar-refractivity contribution is 0.465. The average Bonchev–Trinajstić information content (AvgIpc) is 2.99. The molecule has 0 aliphatic carbocycles. The highest BCUT2D eigenvalue weighted by molar-refractivity contribution is 6.37. The van der Waals surface area contributed by atoms with Gasteiger partial charge in [-0.15, -0.1) is 0 Å². The van der Waals surface area contributed by atoms with Crippen molar-refractivity contribution in [2.45, 2.75) is 6.92 Å². The Morgan fingerprint density at radius 1 is 1.27 bits per heavy atom. The monoisotopic (exact) mass is 388 g/mol. The van der Waals surface area contributed by atoms with Crippen LogP contribution < -0.4 is 4.74 Å². The predicted molar refractivity (Wildman–Crippen MR) is 109 cm³/mol. The smallest absolute Gasteiger partial charge is 0.220 e. The number of nitrogens with zero attached hydrogens (tertiary/aromatic N) is 3. The molecule has 0 saturated heterocycles. The maximum Gasteiger partial charge on any atom is 0.220 e. The quantitative estimate of drug-likeness (QED) is 0.436. The predicted octanol–water partition coefficient (Wildman–Crippen LogP) is 5.92. The van der Waals surface area contributed by atoms with Crippen LogP contribution in [0.3, 0.4) is 0 Å². The molecule has 0 fully saturated rings. The summed E-state index contributed by atoms with van der Waals surface area (Å²) in [6.07, 6.45) is 3.55. The number of aromatic amines is 1. The lowest BCUT2D eigenvalue weighted by Crippen LogP contribution is -2.06. The van der Waals surface area contributed by atoms with Crippen molar-refractivity contribution in [3.63, 3.8) is 0 Å². The van der Waals surface area contributed by atoms with E-state index in [9.17, 15) is 0 Å². The van der Waals surface area contributed by atoms with Crippen LogP contribution in [0.2, 0.25) is 10.0 Å². The molecule has 0 aliphatic rings. The van der Waals surface area contributed by atoms with Crippen LogP contribution in [0.1, 0.15) is 12.5 Å². The fourth-order valence-corrected chi connectivity index (χ4v) is 2.92. The zero-order valence-corrected chi connectivity index (χ0v) is 16.2. The average molecular weight is 389 g/mol. The van der Waals surface area contributed by atoms with Crippen LogP contribution in [0.15, 0.2) is 42.0 Å². The highest BCUT2D eigenvalue weighted by atomic mass is 35.5. The van der Waals surface area contributed by atoms with E-state index in [0.717, 1.165) is 22.2 Å². The molecule has 26 heavy (non-hydrogen) atoms. The number of hydrogen-bond acceptors (Lipinski definition) is 3.